The number of imide groups is 1. The Kier molecular flexibility index (Phi) is 4.75. The second-order valence-corrected chi connectivity index (χ2v) is 10.0. The number of nitrogens with one attached hydrogen (secondary N) is 2. The highest BCUT2D eigenvalue weighted by atomic mass is 16.5. The predicted octanol–water partition coefficient (Wildman–Crippen LogP) is -1.03. The normalized spacial score (nSPS) is 26.8. The van der Waals surface area contributed by atoms with Gasteiger partial charge >= 0.3 is 6.03 Å². The van der Waals surface area contributed by atoms with Crippen molar-refractivity contribution in [3.63, 3.8) is 0 Å². The van der Waals surface area contributed by atoms with Crippen LogP contribution in [0.4, 0.5) is 4.79 Å². The van der Waals surface area contributed by atoms with Crippen LogP contribution in [-0.2, 0) is 4.79 Å². The van der Waals surface area contributed by atoms with Gasteiger partial charge in [0.1, 0.15) is 29.3 Å². The van der Waals surface area contributed by atoms with Crippen LogP contribution >= 0.6 is 0 Å². The van der Waals surface area contributed by atoms with Gasteiger partial charge in [-0.1, -0.05) is 0 Å². The molecule has 3 amide bonds. The Bertz CT molecular complexity index is 549. The van der Waals surface area contributed by atoms with Crippen molar-refractivity contribution in [2.75, 3.05) is 34.2 Å². The van der Waals surface area contributed by atoms with Crippen LogP contribution in [0.25, 0.3) is 0 Å². The van der Waals surface area contributed by atoms with E-state index in [4.69, 9.17) is 0 Å². The third kappa shape index (κ3) is 3.81. The third-order valence-electron chi connectivity index (χ3n) is 5.17. The van der Waals surface area contributed by atoms with Crippen molar-refractivity contribution < 1.29 is 29.4 Å². The average molecular weight is 358 g/mol. The van der Waals surface area contributed by atoms with Crippen LogP contribution in [0.2, 0.25) is 0 Å². The van der Waals surface area contributed by atoms with Gasteiger partial charge in [0, 0.05) is 12.8 Å². The molecule has 4 N–H and O–H groups in total. The zero-order valence-electron chi connectivity index (χ0n) is 16.5. The van der Waals surface area contributed by atoms with E-state index in [2.05, 4.69) is 5.32 Å². The number of aliphatic hydroxyl groups excluding tert-OH is 1. The summed E-state index contributed by atoms with van der Waals surface area (Å²) in [6.45, 7) is 7.98. The van der Waals surface area contributed by atoms with E-state index in [9.17, 15) is 19.9 Å². The SMILES string of the molecule is CC1(C)CC2(CC(C)(C)[NH+]1O)NC(=O)N(CC(O)C[N+](C)(C)C)C2=O. The topological polar surface area (TPSA) is 94.3 Å². The molecular weight excluding hydrogens is 324 g/mol. The lowest BCUT2D eigenvalue weighted by Gasteiger charge is -2.50. The maximum atomic E-state index is 13.1. The highest BCUT2D eigenvalue weighted by Crippen LogP contribution is 2.36. The summed E-state index contributed by atoms with van der Waals surface area (Å²) in [7, 11) is 5.84. The Labute approximate surface area is 149 Å². The van der Waals surface area contributed by atoms with Gasteiger partial charge in [0.15, 0.2) is 0 Å². The fraction of sp³-hybridized carbons (Fsp3) is 0.882. The largest absolute Gasteiger partial charge is 0.385 e. The van der Waals surface area contributed by atoms with Crippen LogP contribution in [0.5, 0.6) is 0 Å². The number of β-amino-alcohol motifs (C(OH)–C–C–N with tert-alkyl or cyclic N) is 1. The first-order chi connectivity index (χ1) is 11.1. The van der Waals surface area contributed by atoms with Crippen molar-refractivity contribution >= 4 is 11.9 Å². The number of hydrogen-bond acceptors (Lipinski definition) is 4. The molecule has 2 rings (SSSR count). The molecule has 0 aliphatic carbocycles. The Morgan fingerprint density at radius 1 is 1.16 bits per heavy atom. The van der Waals surface area contributed by atoms with Gasteiger partial charge in [0.25, 0.3) is 5.91 Å². The number of rotatable bonds is 4. The van der Waals surface area contributed by atoms with Crippen molar-refractivity contribution in [2.24, 2.45) is 0 Å². The summed E-state index contributed by atoms with van der Waals surface area (Å²) in [5, 5.41) is 24.0. The fourth-order valence-corrected chi connectivity index (χ4v) is 4.64. The van der Waals surface area contributed by atoms with Crippen molar-refractivity contribution in [3.8, 4) is 0 Å². The molecule has 144 valence electrons. The van der Waals surface area contributed by atoms with Gasteiger partial charge < -0.3 is 14.9 Å². The quantitative estimate of drug-likeness (QED) is 0.382. The fourth-order valence-electron chi connectivity index (χ4n) is 4.64. The van der Waals surface area contributed by atoms with Crippen LogP contribution in [0.3, 0.4) is 0 Å². The molecule has 0 radical (unpaired) electrons. The molecule has 0 aromatic carbocycles. The number of quaternary nitrogens is 2. The Morgan fingerprint density at radius 3 is 2.08 bits per heavy atom. The first-order valence-electron chi connectivity index (χ1n) is 8.79. The number of hydrogen-bond donors (Lipinski definition) is 4. The Balaban J connectivity index is 2.23. The van der Waals surface area contributed by atoms with Gasteiger partial charge in [-0.05, 0) is 27.7 Å². The maximum Gasteiger partial charge on any atom is 0.325 e. The second-order valence-electron chi connectivity index (χ2n) is 10.0. The van der Waals surface area contributed by atoms with Crippen molar-refractivity contribution in [1.29, 1.82) is 0 Å². The molecule has 1 atom stereocenters. The van der Waals surface area contributed by atoms with E-state index in [-0.39, 0.29) is 12.5 Å². The molecule has 8 heteroatoms. The Hall–Kier alpha value is -1.22. The maximum absolute atomic E-state index is 13.1. The molecule has 2 fully saturated rings. The van der Waals surface area contributed by atoms with Crippen LogP contribution in [0, 0.1) is 0 Å². The summed E-state index contributed by atoms with van der Waals surface area (Å²) < 4.78 is 0.541. The van der Waals surface area contributed by atoms with Crippen LogP contribution in [0.1, 0.15) is 40.5 Å². The lowest BCUT2D eigenvalue weighted by Crippen LogP contribution is -3.26. The van der Waals surface area contributed by atoms with E-state index in [0.717, 1.165) is 4.90 Å². The monoisotopic (exact) mass is 358 g/mol. The van der Waals surface area contributed by atoms with E-state index >= 15 is 0 Å². The molecule has 2 heterocycles. The van der Waals surface area contributed by atoms with Gasteiger partial charge in [-0.2, -0.15) is 5.06 Å². The van der Waals surface area contributed by atoms with Gasteiger partial charge in [0.05, 0.1) is 27.7 Å². The molecule has 0 saturated carbocycles. The number of amides is 3. The first kappa shape index (κ1) is 20.1. The Morgan fingerprint density at radius 2 is 1.64 bits per heavy atom. The van der Waals surface area contributed by atoms with Gasteiger partial charge in [0.2, 0.25) is 0 Å². The molecule has 2 aliphatic heterocycles. The number of likely N-dealkylation sites (N-methyl/N-ethyl adjacent to an activating group) is 1. The highest BCUT2D eigenvalue weighted by Gasteiger charge is 2.64. The van der Waals surface area contributed by atoms with E-state index < -0.39 is 28.8 Å². The number of aliphatic hydroxyl groups is 1. The number of carbonyl (C=O) groups excluding carboxylic acids is 2. The predicted molar refractivity (Wildman–Crippen MR) is 92.0 cm³/mol. The highest BCUT2D eigenvalue weighted by molar-refractivity contribution is 6.07. The summed E-state index contributed by atoms with van der Waals surface area (Å²) in [5.41, 5.74) is -2.18. The van der Waals surface area contributed by atoms with E-state index in [0.29, 0.717) is 28.9 Å². The smallest absolute Gasteiger partial charge is 0.325 e. The molecule has 1 spiro atoms. The molecule has 2 aliphatic rings. The average Bonchev–Trinajstić information content (AvgIpc) is 2.57. The van der Waals surface area contributed by atoms with E-state index in [1.807, 2.05) is 48.8 Å². The zero-order valence-corrected chi connectivity index (χ0v) is 16.5. The molecule has 8 nitrogen and oxygen atoms in total. The number of urea groups is 1. The summed E-state index contributed by atoms with van der Waals surface area (Å²) in [6, 6.07) is -0.460. The van der Waals surface area contributed by atoms with E-state index in [1.54, 1.807) is 0 Å². The molecule has 2 saturated heterocycles. The van der Waals surface area contributed by atoms with Crippen molar-refractivity contribution in [2.45, 2.75) is 63.3 Å². The molecule has 1 unspecified atom stereocenters. The summed E-state index contributed by atoms with van der Waals surface area (Å²) in [5.74, 6) is -0.299. The van der Waals surface area contributed by atoms with E-state index in [1.165, 1.54) is 0 Å². The van der Waals surface area contributed by atoms with Gasteiger partial charge in [-0.3, -0.25) is 9.69 Å². The van der Waals surface area contributed by atoms with Crippen LogP contribution in [-0.4, -0.2) is 88.6 Å². The molecule has 0 aromatic rings. The molecule has 0 aromatic heterocycles. The first-order valence-corrected chi connectivity index (χ1v) is 8.79. The van der Waals surface area contributed by atoms with Crippen LogP contribution in [0.15, 0.2) is 0 Å². The number of piperidine rings is 1. The van der Waals surface area contributed by atoms with Gasteiger partial charge in [-0.25, -0.2) is 10.0 Å². The van der Waals surface area contributed by atoms with Crippen molar-refractivity contribution in [1.82, 2.24) is 10.2 Å². The number of hydroxylamine groups is 2. The summed E-state index contributed by atoms with van der Waals surface area (Å²) >= 11 is 0. The molecule has 0 bridgehead atoms. The second kappa shape index (κ2) is 5.90. The third-order valence-corrected chi connectivity index (χ3v) is 5.17. The molecular formula is C17H34N4O4+2. The molecule has 25 heavy (non-hydrogen) atoms. The van der Waals surface area contributed by atoms with Gasteiger partial charge in [-0.15, -0.1) is 0 Å². The lowest BCUT2D eigenvalue weighted by molar-refractivity contribution is -1.16. The number of nitrogens with zero attached hydrogens (tertiary/aromatic N) is 2. The minimum atomic E-state index is -1.02. The van der Waals surface area contributed by atoms with Crippen molar-refractivity contribution in [3.05, 3.63) is 0 Å². The summed E-state index contributed by atoms with van der Waals surface area (Å²) in [4.78, 5) is 26.7. The zero-order chi connectivity index (χ0) is 19.4. The minimum Gasteiger partial charge on any atom is -0.385 e. The lowest BCUT2D eigenvalue weighted by atomic mass is 9.70. The summed E-state index contributed by atoms with van der Waals surface area (Å²) in [6.07, 6.45) is -0.0850. The minimum absolute atomic E-state index is 0.0154. The standard InChI is InChI=1S/C17H32N4O4/c1-15(2)10-17(11-16(3,4)20(15)25)13(23)19(14(24)18-17)8-12(22)9-21(5,6)7/h12,22,25H,8-11H2,1-7H3/p+2. The van der Waals surface area contributed by atoms with Crippen LogP contribution < -0.4 is 10.4 Å². The number of carbonyl (C=O) groups is 2.